The van der Waals surface area contributed by atoms with Gasteiger partial charge in [0.2, 0.25) is 0 Å². The lowest BCUT2D eigenvalue weighted by Crippen LogP contribution is -2.48. The number of methoxy groups -OCH3 is 1. The van der Waals surface area contributed by atoms with Gasteiger partial charge in [-0.05, 0) is 38.1 Å². The van der Waals surface area contributed by atoms with Crippen LogP contribution in [0.4, 0.5) is 0 Å². The second kappa shape index (κ2) is 6.13. The lowest BCUT2D eigenvalue weighted by molar-refractivity contribution is 0.0881. The Morgan fingerprint density at radius 1 is 1.50 bits per heavy atom. The number of likely N-dealkylation sites (tertiary alicyclic amines) is 1. The fourth-order valence-electron chi connectivity index (χ4n) is 2.65. The number of nitrogens with one attached hydrogen (secondary N) is 1. The van der Waals surface area contributed by atoms with Crippen LogP contribution in [-0.4, -0.2) is 49.2 Å². The van der Waals surface area contributed by atoms with Crippen LogP contribution in [0.3, 0.4) is 0 Å². The molecule has 0 saturated carbocycles. The van der Waals surface area contributed by atoms with Gasteiger partial charge in [-0.2, -0.15) is 0 Å². The number of carbonyl (C=O) groups excluding carboxylic acids is 1. The lowest BCUT2D eigenvalue weighted by atomic mass is 9.94. The molecule has 0 bridgehead atoms. The molecule has 5 nitrogen and oxygen atoms in total. The number of carbonyl (C=O) groups is 1. The molecule has 1 aliphatic rings. The zero-order valence-electron chi connectivity index (χ0n) is 12.2. The molecule has 20 heavy (non-hydrogen) atoms. The van der Waals surface area contributed by atoms with Crippen LogP contribution in [0.25, 0.3) is 0 Å². The van der Waals surface area contributed by atoms with Crippen LogP contribution in [0.2, 0.25) is 0 Å². The van der Waals surface area contributed by atoms with E-state index in [1.54, 1.807) is 12.1 Å². The number of aromatic hydroxyl groups is 1. The zero-order chi connectivity index (χ0) is 14.7. The third kappa shape index (κ3) is 3.22. The van der Waals surface area contributed by atoms with Crippen LogP contribution in [0, 0.1) is 5.92 Å². The summed E-state index contributed by atoms with van der Waals surface area (Å²) in [5.41, 5.74) is 0.289. The summed E-state index contributed by atoms with van der Waals surface area (Å²) in [5, 5.41) is 12.9. The fourth-order valence-corrected chi connectivity index (χ4v) is 2.65. The van der Waals surface area contributed by atoms with Crippen molar-refractivity contribution in [1.29, 1.82) is 0 Å². The molecule has 1 aromatic rings. The van der Waals surface area contributed by atoms with Crippen molar-refractivity contribution in [2.45, 2.75) is 19.4 Å². The Morgan fingerprint density at radius 2 is 2.25 bits per heavy atom. The molecule has 0 spiro atoms. The zero-order valence-corrected chi connectivity index (χ0v) is 12.2. The molecule has 5 heteroatoms. The van der Waals surface area contributed by atoms with Crippen molar-refractivity contribution >= 4 is 5.91 Å². The molecule has 2 rings (SSSR count). The van der Waals surface area contributed by atoms with E-state index in [9.17, 15) is 9.90 Å². The molecule has 0 aromatic heterocycles. The summed E-state index contributed by atoms with van der Waals surface area (Å²) in [5.74, 6) is 0.652. The van der Waals surface area contributed by atoms with Crippen LogP contribution in [-0.2, 0) is 0 Å². The number of phenolic OH excluding ortho intramolecular Hbond substituents is 1. The predicted octanol–water partition coefficient (Wildman–Crippen LogP) is 1.47. The van der Waals surface area contributed by atoms with Gasteiger partial charge in [0.05, 0.1) is 12.7 Å². The molecule has 110 valence electrons. The van der Waals surface area contributed by atoms with Crippen molar-refractivity contribution in [1.82, 2.24) is 10.2 Å². The highest BCUT2D eigenvalue weighted by molar-refractivity contribution is 5.97. The van der Waals surface area contributed by atoms with E-state index in [0.717, 1.165) is 19.5 Å². The first-order valence-electron chi connectivity index (χ1n) is 6.87. The Bertz CT molecular complexity index is 490. The van der Waals surface area contributed by atoms with Gasteiger partial charge in [0.15, 0.2) is 0 Å². The van der Waals surface area contributed by atoms with E-state index in [4.69, 9.17) is 4.74 Å². The fraction of sp³-hybridized carbons (Fsp3) is 0.533. The van der Waals surface area contributed by atoms with E-state index < -0.39 is 0 Å². The molecule has 1 amide bonds. The Morgan fingerprint density at radius 3 is 2.85 bits per heavy atom. The second-order valence-electron chi connectivity index (χ2n) is 5.49. The molecule has 1 fully saturated rings. The minimum absolute atomic E-state index is 0.0533. The summed E-state index contributed by atoms with van der Waals surface area (Å²) in [6.45, 7) is 4.08. The van der Waals surface area contributed by atoms with Crippen molar-refractivity contribution in [2.75, 3.05) is 27.2 Å². The topological polar surface area (TPSA) is 61.8 Å². The summed E-state index contributed by atoms with van der Waals surface area (Å²) >= 11 is 0. The molecule has 2 N–H and O–H groups in total. The first kappa shape index (κ1) is 14.7. The lowest BCUT2D eigenvalue weighted by Gasteiger charge is -2.35. The number of rotatable bonds is 3. The van der Waals surface area contributed by atoms with Crippen LogP contribution in [0.15, 0.2) is 18.2 Å². The Kier molecular flexibility index (Phi) is 4.49. The summed E-state index contributed by atoms with van der Waals surface area (Å²) in [6.07, 6.45) is 0.931. The van der Waals surface area contributed by atoms with E-state index in [1.807, 2.05) is 0 Å². The van der Waals surface area contributed by atoms with Crippen LogP contribution in [0.1, 0.15) is 23.7 Å². The monoisotopic (exact) mass is 278 g/mol. The number of ether oxygens (including phenoxy) is 1. The number of hydrogen-bond donors (Lipinski definition) is 2. The minimum atomic E-state index is -0.230. The van der Waals surface area contributed by atoms with E-state index in [-0.39, 0.29) is 23.3 Å². The first-order chi connectivity index (χ1) is 9.51. The summed E-state index contributed by atoms with van der Waals surface area (Å²) < 4.78 is 5.01. The minimum Gasteiger partial charge on any atom is -0.507 e. The van der Waals surface area contributed by atoms with Crippen molar-refractivity contribution in [3.8, 4) is 11.5 Å². The van der Waals surface area contributed by atoms with Gasteiger partial charge >= 0.3 is 0 Å². The molecule has 2 unspecified atom stereocenters. The molecule has 2 atom stereocenters. The van der Waals surface area contributed by atoms with E-state index in [1.165, 1.54) is 13.2 Å². The smallest absolute Gasteiger partial charge is 0.255 e. The van der Waals surface area contributed by atoms with E-state index >= 15 is 0 Å². The standard InChI is InChI=1S/C15H22N2O3/c1-10-9-17(2)7-6-13(10)16-15(19)12-5-4-11(20-3)8-14(12)18/h4-5,8,10,13,18H,6-7,9H2,1-3H3,(H,16,19). The van der Waals surface area contributed by atoms with Crippen LogP contribution < -0.4 is 10.1 Å². The third-order valence-corrected chi connectivity index (χ3v) is 3.87. The summed E-state index contributed by atoms with van der Waals surface area (Å²) in [6, 6.07) is 4.86. The number of phenols is 1. The van der Waals surface area contributed by atoms with Gasteiger partial charge in [-0.3, -0.25) is 4.79 Å². The molecular weight excluding hydrogens is 256 g/mol. The highest BCUT2D eigenvalue weighted by Crippen LogP contribution is 2.24. The molecule has 1 aliphatic heterocycles. The van der Waals surface area contributed by atoms with Crippen LogP contribution in [0.5, 0.6) is 11.5 Å². The Balaban J connectivity index is 2.05. The summed E-state index contributed by atoms with van der Waals surface area (Å²) in [4.78, 5) is 14.5. The number of amides is 1. The number of nitrogens with zero attached hydrogens (tertiary/aromatic N) is 1. The third-order valence-electron chi connectivity index (χ3n) is 3.87. The molecule has 1 heterocycles. The summed E-state index contributed by atoms with van der Waals surface area (Å²) in [7, 11) is 3.61. The second-order valence-corrected chi connectivity index (χ2v) is 5.49. The highest BCUT2D eigenvalue weighted by Gasteiger charge is 2.26. The number of hydrogen-bond acceptors (Lipinski definition) is 4. The molecule has 1 saturated heterocycles. The Hall–Kier alpha value is -1.75. The number of piperidine rings is 1. The van der Waals surface area contributed by atoms with Crippen LogP contribution >= 0.6 is 0 Å². The van der Waals surface area contributed by atoms with Gasteiger partial charge < -0.3 is 20.1 Å². The maximum atomic E-state index is 12.2. The van der Waals surface area contributed by atoms with Gasteiger partial charge in [-0.25, -0.2) is 0 Å². The van der Waals surface area contributed by atoms with E-state index in [2.05, 4.69) is 24.2 Å². The quantitative estimate of drug-likeness (QED) is 0.879. The van der Waals surface area contributed by atoms with Gasteiger partial charge in [-0.1, -0.05) is 6.92 Å². The number of benzene rings is 1. The van der Waals surface area contributed by atoms with Gasteiger partial charge in [0, 0.05) is 18.7 Å². The SMILES string of the molecule is COc1ccc(C(=O)NC2CCN(C)CC2C)c(O)c1. The Labute approximate surface area is 119 Å². The van der Waals surface area contributed by atoms with Crippen molar-refractivity contribution in [3.63, 3.8) is 0 Å². The van der Waals surface area contributed by atoms with Gasteiger partial charge in [0.1, 0.15) is 11.5 Å². The molecule has 1 aromatic carbocycles. The maximum Gasteiger partial charge on any atom is 0.255 e. The first-order valence-corrected chi connectivity index (χ1v) is 6.87. The predicted molar refractivity (Wildman–Crippen MR) is 77.2 cm³/mol. The molecular formula is C15H22N2O3. The molecule has 0 aliphatic carbocycles. The maximum absolute atomic E-state index is 12.2. The van der Waals surface area contributed by atoms with E-state index in [0.29, 0.717) is 11.7 Å². The van der Waals surface area contributed by atoms with Gasteiger partial charge in [-0.15, -0.1) is 0 Å². The largest absolute Gasteiger partial charge is 0.507 e. The van der Waals surface area contributed by atoms with Crippen molar-refractivity contribution in [2.24, 2.45) is 5.92 Å². The normalized spacial score (nSPS) is 23.4. The highest BCUT2D eigenvalue weighted by atomic mass is 16.5. The van der Waals surface area contributed by atoms with Gasteiger partial charge in [0.25, 0.3) is 5.91 Å². The molecule has 0 radical (unpaired) electrons. The van der Waals surface area contributed by atoms with Crippen molar-refractivity contribution < 1.29 is 14.6 Å². The van der Waals surface area contributed by atoms with Crippen molar-refractivity contribution in [3.05, 3.63) is 23.8 Å². The average molecular weight is 278 g/mol. The average Bonchev–Trinajstić information content (AvgIpc) is 2.41.